The number of ether oxygens (including phenoxy) is 1. The van der Waals surface area contributed by atoms with E-state index in [1.165, 1.54) is 19.3 Å². The van der Waals surface area contributed by atoms with Crippen LogP contribution < -0.4 is 10.1 Å². The molecule has 0 saturated carbocycles. The Hall–Kier alpha value is -1.03. The molecule has 1 heterocycles. The van der Waals surface area contributed by atoms with Gasteiger partial charge in [0.1, 0.15) is 5.75 Å². The summed E-state index contributed by atoms with van der Waals surface area (Å²) in [6, 6.07) is 6.05. The quantitative estimate of drug-likeness (QED) is 0.718. The van der Waals surface area contributed by atoms with Gasteiger partial charge in [0, 0.05) is 22.9 Å². The fraction of sp³-hybridized carbons (Fsp3) is 0.588. The highest BCUT2D eigenvalue weighted by Crippen LogP contribution is 2.34. The fourth-order valence-corrected chi connectivity index (χ4v) is 3.05. The second kappa shape index (κ2) is 8.42. The molecule has 21 heavy (non-hydrogen) atoms. The predicted molar refractivity (Wildman–Crippen MR) is 88.5 cm³/mol. The molecule has 0 aliphatic carbocycles. The van der Waals surface area contributed by atoms with Crippen molar-refractivity contribution >= 4 is 21.8 Å². The van der Waals surface area contributed by atoms with Crippen LogP contribution in [-0.2, 0) is 4.79 Å². The highest BCUT2D eigenvalue weighted by molar-refractivity contribution is 9.10. The minimum Gasteiger partial charge on any atom is -0.493 e. The number of rotatable bonds is 7. The molecule has 2 rings (SSSR count). The Morgan fingerprint density at radius 1 is 1.33 bits per heavy atom. The van der Waals surface area contributed by atoms with Crippen molar-refractivity contribution in [2.75, 3.05) is 6.61 Å². The molecule has 1 amide bonds. The molecule has 0 spiro atoms. The van der Waals surface area contributed by atoms with E-state index in [1.807, 2.05) is 18.2 Å². The number of amides is 1. The van der Waals surface area contributed by atoms with E-state index in [0.717, 1.165) is 35.0 Å². The highest BCUT2D eigenvalue weighted by Gasteiger charge is 2.23. The zero-order valence-electron chi connectivity index (χ0n) is 12.7. The van der Waals surface area contributed by atoms with Crippen molar-refractivity contribution in [2.45, 2.75) is 57.9 Å². The summed E-state index contributed by atoms with van der Waals surface area (Å²) in [5.74, 6) is 1.04. The molecule has 0 radical (unpaired) electrons. The normalized spacial score (nSPS) is 17.0. The Morgan fingerprint density at radius 2 is 2.14 bits per heavy atom. The Kier molecular flexibility index (Phi) is 6.55. The standard InChI is InChI=1S/C17H24BrNO2/c1-2-3-4-5-6-7-17(20)19-15-10-11-21-16-9-8-13(18)12-14(15)16/h8-9,12,15H,2-7,10-11H2,1H3,(H,19,20). The van der Waals surface area contributed by atoms with Gasteiger partial charge in [-0.05, 0) is 24.6 Å². The number of fused-ring (bicyclic) bond motifs is 1. The van der Waals surface area contributed by atoms with Crippen LogP contribution in [0.2, 0.25) is 0 Å². The number of nitrogens with one attached hydrogen (secondary N) is 1. The molecule has 1 aromatic rings. The monoisotopic (exact) mass is 353 g/mol. The summed E-state index contributed by atoms with van der Waals surface area (Å²) in [4.78, 5) is 12.1. The van der Waals surface area contributed by atoms with Gasteiger partial charge in [0.15, 0.2) is 0 Å². The molecule has 0 fully saturated rings. The first-order valence-electron chi connectivity index (χ1n) is 7.92. The van der Waals surface area contributed by atoms with Crippen molar-refractivity contribution in [2.24, 2.45) is 0 Å². The third kappa shape index (κ3) is 5.03. The third-order valence-electron chi connectivity index (χ3n) is 3.85. The number of unbranched alkanes of at least 4 members (excludes halogenated alkanes) is 4. The van der Waals surface area contributed by atoms with Crippen molar-refractivity contribution < 1.29 is 9.53 Å². The number of halogens is 1. The third-order valence-corrected chi connectivity index (χ3v) is 4.35. The number of hydrogen-bond acceptors (Lipinski definition) is 2. The first kappa shape index (κ1) is 16.3. The summed E-state index contributed by atoms with van der Waals surface area (Å²) in [5.41, 5.74) is 1.08. The van der Waals surface area contributed by atoms with Crippen molar-refractivity contribution in [3.63, 3.8) is 0 Å². The maximum absolute atomic E-state index is 12.1. The van der Waals surface area contributed by atoms with Gasteiger partial charge in [-0.1, -0.05) is 48.5 Å². The number of carbonyl (C=O) groups is 1. The van der Waals surface area contributed by atoms with Gasteiger partial charge in [-0.15, -0.1) is 0 Å². The summed E-state index contributed by atoms with van der Waals surface area (Å²) >= 11 is 3.48. The lowest BCUT2D eigenvalue weighted by Crippen LogP contribution is -2.32. The van der Waals surface area contributed by atoms with Gasteiger partial charge in [0.2, 0.25) is 5.91 Å². The van der Waals surface area contributed by atoms with Crippen LogP contribution in [0.15, 0.2) is 22.7 Å². The lowest BCUT2D eigenvalue weighted by Gasteiger charge is -2.27. The van der Waals surface area contributed by atoms with Crippen LogP contribution in [0.1, 0.15) is 63.5 Å². The van der Waals surface area contributed by atoms with E-state index in [2.05, 4.69) is 28.2 Å². The van der Waals surface area contributed by atoms with Gasteiger partial charge in [-0.25, -0.2) is 0 Å². The average Bonchev–Trinajstić information content (AvgIpc) is 2.48. The molecule has 3 nitrogen and oxygen atoms in total. The number of hydrogen-bond donors (Lipinski definition) is 1. The highest BCUT2D eigenvalue weighted by atomic mass is 79.9. The van der Waals surface area contributed by atoms with Crippen LogP contribution in [0.5, 0.6) is 5.75 Å². The molecular formula is C17H24BrNO2. The lowest BCUT2D eigenvalue weighted by molar-refractivity contribution is -0.122. The molecule has 0 saturated heterocycles. The Bertz CT molecular complexity index is 476. The van der Waals surface area contributed by atoms with Gasteiger partial charge in [0.05, 0.1) is 12.6 Å². The van der Waals surface area contributed by atoms with Crippen LogP contribution >= 0.6 is 15.9 Å². The molecule has 1 N–H and O–H groups in total. The van der Waals surface area contributed by atoms with Gasteiger partial charge < -0.3 is 10.1 Å². The molecule has 0 bridgehead atoms. The van der Waals surface area contributed by atoms with E-state index in [9.17, 15) is 4.79 Å². The van der Waals surface area contributed by atoms with Crippen LogP contribution in [0, 0.1) is 0 Å². The summed E-state index contributed by atoms with van der Waals surface area (Å²) in [7, 11) is 0. The fourth-order valence-electron chi connectivity index (χ4n) is 2.67. The second-order valence-corrected chi connectivity index (χ2v) is 6.52. The zero-order chi connectivity index (χ0) is 15.1. The molecule has 0 aromatic heterocycles. The van der Waals surface area contributed by atoms with Gasteiger partial charge in [-0.3, -0.25) is 4.79 Å². The van der Waals surface area contributed by atoms with Crippen LogP contribution in [0.25, 0.3) is 0 Å². The maximum Gasteiger partial charge on any atom is 0.220 e. The molecular weight excluding hydrogens is 330 g/mol. The minimum atomic E-state index is 0.0781. The van der Waals surface area contributed by atoms with E-state index in [-0.39, 0.29) is 11.9 Å². The average molecular weight is 354 g/mol. The summed E-state index contributed by atoms with van der Waals surface area (Å²) < 4.78 is 6.66. The van der Waals surface area contributed by atoms with E-state index < -0.39 is 0 Å². The number of benzene rings is 1. The van der Waals surface area contributed by atoms with Gasteiger partial charge in [0.25, 0.3) is 0 Å². The topological polar surface area (TPSA) is 38.3 Å². The molecule has 4 heteroatoms. The van der Waals surface area contributed by atoms with Crippen molar-refractivity contribution in [3.8, 4) is 5.75 Å². The minimum absolute atomic E-state index is 0.0781. The zero-order valence-corrected chi connectivity index (χ0v) is 14.2. The molecule has 1 aromatic carbocycles. The first-order valence-corrected chi connectivity index (χ1v) is 8.71. The number of carbonyl (C=O) groups excluding carboxylic acids is 1. The van der Waals surface area contributed by atoms with Crippen molar-refractivity contribution in [1.82, 2.24) is 5.32 Å². The Morgan fingerprint density at radius 3 is 2.95 bits per heavy atom. The van der Waals surface area contributed by atoms with Gasteiger partial charge in [-0.2, -0.15) is 0 Å². The Balaban J connectivity index is 1.83. The van der Waals surface area contributed by atoms with Crippen LogP contribution in [0.3, 0.4) is 0 Å². The SMILES string of the molecule is CCCCCCCC(=O)NC1CCOc2ccc(Br)cc21. The van der Waals surface area contributed by atoms with Gasteiger partial charge >= 0.3 is 0 Å². The molecule has 1 unspecified atom stereocenters. The smallest absolute Gasteiger partial charge is 0.220 e. The maximum atomic E-state index is 12.1. The summed E-state index contributed by atoms with van der Waals surface area (Å²) in [5, 5.41) is 3.15. The second-order valence-electron chi connectivity index (χ2n) is 5.60. The summed E-state index contributed by atoms with van der Waals surface area (Å²) in [6.45, 7) is 2.86. The molecule has 1 aliphatic rings. The largest absolute Gasteiger partial charge is 0.493 e. The van der Waals surface area contributed by atoms with Crippen molar-refractivity contribution in [3.05, 3.63) is 28.2 Å². The van der Waals surface area contributed by atoms with E-state index in [1.54, 1.807) is 0 Å². The predicted octanol–water partition coefficient (Wildman–Crippen LogP) is 4.75. The molecule has 116 valence electrons. The van der Waals surface area contributed by atoms with Crippen LogP contribution in [0.4, 0.5) is 0 Å². The van der Waals surface area contributed by atoms with E-state index in [0.29, 0.717) is 13.0 Å². The lowest BCUT2D eigenvalue weighted by atomic mass is 10.0. The molecule has 1 aliphatic heterocycles. The first-order chi connectivity index (χ1) is 10.2. The summed E-state index contributed by atoms with van der Waals surface area (Å²) in [6.07, 6.45) is 7.34. The van der Waals surface area contributed by atoms with E-state index >= 15 is 0 Å². The Labute approximate surface area is 135 Å². The molecule has 1 atom stereocenters. The van der Waals surface area contributed by atoms with Crippen LogP contribution in [-0.4, -0.2) is 12.5 Å². The van der Waals surface area contributed by atoms with E-state index in [4.69, 9.17) is 4.74 Å². The van der Waals surface area contributed by atoms with Crippen molar-refractivity contribution in [1.29, 1.82) is 0 Å².